The number of carbonyl (C=O) groups excluding carboxylic acids is 1. The number of aromatic nitrogens is 3. The van der Waals surface area contributed by atoms with E-state index in [1.54, 1.807) is 6.20 Å². The van der Waals surface area contributed by atoms with Crippen molar-refractivity contribution in [1.29, 1.82) is 0 Å². The number of ether oxygens (including phenoxy) is 2. The highest BCUT2D eigenvalue weighted by Crippen LogP contribution is 2.14. The van der Waals surface area contributed by atoms with Crippen LogP contribution in [0, 0.1) is 0 Å². The molecular weight excluding hydrogens is 334 g/mol. The Morgan fingerprint density at radius 1 is 1.31 bits per heavy atom. The number of nitrogens with zero attached hydrogens (tertiary/aromatic N) is 3. The number of nitrogens with one attached hydrogen (secondary N) is 2. The summed E-state index contributed by atoms with van der Waals surface area (Å²) in [4.78, 5) is 25.0. The second kappa shape index (κ2) is 9.21. The number of hydrogen-bond acceptors (Lipinski definition) is 7. The van der Waals surface area contributed by atoms with Crippen molar-refractivity contribution in [3.8, 4) is 0 Å². The molecule has 3 heterocycles. The average Bonchev–Trinajstić information content (AvgIpc) is 2.69. The van der Waals surface area contributed by atoms with Crippen LogP contribution < -0.4 is 10.6 Å². The van der Waals surface area contributed by atoms with Crippen molar-refractivity contribution < 1.29 is 14.3 Å². The van der Waals surface area contributed by atoms with Crippen molar-refractivity contribution in [1.82, 2.24) is 20.3 Å². The molecule has 0 spiro atoms. The predicted molar refractivity (Wildman–Crippen MR) is 95.7 cm³/mol. The molecule has 1 saturated heterocycles. The number of anilines is 1. The highest BCUT2D eigenvalue weighted by molar-refractivity contribution is 5.93. The van der Waals surface area contributed by atoms with Crippen LogP contribution in [0.2, 0.25) is 0 Å². The van der Waals surface area contributed by atoms with Gasteiger partial charge in [0.2, 0.25) is 5.95 Å². The van der Waals surface area contributed by atoms with Gasteiger partial charge in [0.05, 0.1) is 36.6 Å². The fraction of sp³-hybridized carbons (Fsp3) is 0.444. The summed E-state index contributed by atoms with van der Waals surface area (Å²) in [6.07, 6.45) is 5.34. The third kappa shape index (κ3) is 4.96. The van der Waals surface area contributed by atoms with Gasteiger partial charge in [-0.3, -0.25) is 9.78 Å². The molecule has 26 heavy (non-hydrogen) atoms. The van der Waals surface area contributed by atoms with Gasteiger partial charge in [-0.2, -0.15) is 0 Å². The smallest absolute Gasteiger partial charge is 0.254 e. The van der Waals surface area contributed by atoms with E-state index in [1.807, 2.05) is 25.1 Å². The van der Waals surface area contributed by atoms with Crippen molar-refractivity contribution in [2.24, 2.45) is 0 Å². The van der Waals surface area contributed by atoms with Gasteiger partial charge in [-0.05, 0) is 25.5 Å². The zero-order valence-electron chi connectivity index (χ0n) is 14.7. The van der Waals surface area contributed by atoms with Crippen LogP contribution >= 0.6 is 0 Å². The SMILES string of the molecule is CCNc1ncc(C(=O)N[C@@H]2COCC[C@H]2OCc2ccccn2)cn1. The molecule has 0 aromatic carbocycles. The summed E-state index contributed by atoms with van der Waals surface area (Å²) in [5.41, 5.74) is 1.26. The van der Waals surface area contributed by atoms with E-state index in [9.17, 15) is 4.79 Å². The fourth-order valence-electron chi connectivity index (χ4n) is 2.67. The van der Waals surface area contributed by atoms with Gasteiger partial charge in [-0.1, -0.05) is 6.07 Å². The highest BCUT2D eigenvalue weighted by atomic mass is 16.5. The lowest BCUT2D eigenvalue weighted by Crippen LogP contribution is -2.50. The minimum atomic E-state index is -0.241. The largest absolute Gasteiger partial charge is 0.379 e. The molecule has 2 aromatic rings. The predicted octanol–water partition coefficient (Wildman–Crippen LogP) is 1.41. The molecule has 0 unspecified atom stereocenters. The van der Waals surface area contributed by atoms with E-state index >= 15 is 0 Å². The maximum atomic E-state index is 12.5. The first-order chi connectivity index (χ1) is 12.8. The molecule has 2 N–H and O–H groups in total. The monoisotopic (exact) mass is 357 g/mol. The standard InChI is InChI=1S/C18H23N5O3/c1-2-19-18-21-9-13(10-22-18)17(24)23-15-12-25-8-6-16(15)26-11-14-5-3-4-7-20-14/h3-5,7,9-10,15-16H,2,6,8,11-12H2,1H3,(H,23,24)(H,19,21,22)/t15-,16-/m1/s1. The summed E-state index contributed by atoms with van der Waals surface area (Å²) < 4.78 is 11.5. The molecule has 3 rings (SSSR count). The molecule has 1 amide bonds. The quantitative estimate of drug-likeness (QED) is 0.773. The van der Waals surface area contributed by atoms with Gasteiger partial charge in [-0.25, -0.2) is 9.97 Å². The van der Waals surface area contributed by atoms with Crippen molar-refractivity contribution in [2.45, 2.75) is 32.1 Å². The fourth-order valence-corrected chi connectivity index (χ4v) is 2.67. The Morgan fingerprint density at radius 3 is 2.88 bits per heavy atom. The van der Waals surface area contributed by atoms with Gasteiger partial charge in [0.1, 0.15) is 0 Å². The molecule has 0 bridgehead atoms. The molecule has 8 nitrogen and oxygen atoms in total. The van der Waals surface area contributed by atoms with Gasteiger partial charge < -0.3 is 20.1 Å². The van der Waals surface area contributed by atoms with E-state index in [-0.39, 0.29) is 18.1 Å². The molecule has 0 radical (unpaired) electrons. The van der Waals surface area contributed by atoms with E-state index in [2.05, 4.69) is 25.6 Å². The first-order valence-corrected chi connectivity index (χ1v) is 8.72. The molecular formula is C18H23N5O3. The minimum Gasteiger partial charge on any atom is -0.379 e. The zero-order chi connectivity index (χ0) is 18.2. The molecule has 1 aliphatic rings. The molecule has 0 aliphatic carbocycles. The number of hydrogen-bond donors (Lipinski definition) is 2. The number of amides is 1. The maximum Gasteiger partial charge on any atom is 0.254 e. The van der Waals surface area contributed by atoms with E-state index < -0.39 is 0 Å². The summed E-state index contributed by atoms with van der Waals surface area (Å²) in [6, 6.07) is 5.47. The highest BCUT2D eigenvalue weighted by Gasteiger charge is 2.28. The van der Waals surface area contributed by atoms with Crippen molar-refractivity contribution >= 4 is 11.9 Å². The number of pyridine rings is 1. The van der Waals surface area contributed by atoms with Crippen LogP contribution in [-0.2, 0) is 16.1 Å². The Balaban J connectivity index is 1.57. The molecule has 1 fully saturated rings. The van der Waals surface area contributed by atoms with Gasteiger partial charge in [-0.15, -0.1) is 0 Å². The summed E-state index contributed by atoms with van der Waals surface area (Å²) >= 11 is 0. The Kier molecular flexibility index (Phi) is 6.45. The van der Waals surface area contributed by atoms with Crippen LogP contribution in [-0.4, -0.2) is 52.8 Å². The first-order valence-electron chi connectivity index (χ1n) is 8.72. The third-order valence-corrected chi connectivity index (χ3v) is 4.03. The molecule has 2 aromatic heterocycles. The van der Waals surface area contributed by atoms with Crippen molar-refractivity contribution in [2.75, 3.05) is 25.1 Å². The number of rotatable bonds is 7. The number of carbonyl (C=O) groups is 1. The maximum absolute atomic E-state index is 12.5. The van der Waals surface area contributed by atoms with Gasteiger partial charge in [0.25, 0.3) is 5.91 Å². The Bertz CT molecular complexity index is 696. The summed E-state index contributed by atoms with van der Waals surface area (Å²) in [6.45, 7) is 4.10. The van der Waals surface area contributed by atoms with Gasteiger partial charge >= 0.3 is 0 Å². The van der Waals surface area contributed by atoms with Crippen LogP contribution in [0.15, 0.2) is 36.8 Å². The lowest BCUT2D eigenvalue weighted by molar-refractivity contribution is -0.0612. The molecule has 8 heteroatoms. The van der Waals surface area contributed by atoms with E-state index in [0.29, 0.717) is 37.8 Å². The van der Waals surface area contributed by atoms with Crippen molar-refractivity contribution in [3.05, 3.63) is 48.0 Å². The van der Waals surface area contributed by atoms with Crippen LogP contribution in [0.1, 0.15) is 29.4 Å². The normalized spacial score (nSPS) is 19.7. The Labute approximate surface area is 152 Å². The Hall–Kier alpha value is -2.58. The Morgan fingerprint density at radius 2 is 2.15 bits per heavy atom. The van der Waals surface area contributed by atoms with Gasteiger partial charge in [0.15, 0.2) is 0 Å². The third-order valence-electron chi connectivity index (χ3n) is 4.03. The zero-order valence-corrected chi connectivity index (χ0v) is 14.7. The lowest BCUT2D eigenvalue weighted by Gasteiger charge is -2.32. The second-order valence-corrected chi connectivity index (χ2v) is 5.94. The molecule has 138 valence electrons. The van der Waals surface area contributed by atoms with Crippen molar-refractivity contribution in [3.63, 3.8) is 0 Å². The summed E-state index contributed by atoms with van der Waals surface area (Å²) in [7, 11) is 0. The average molecular weight is 357 g/mol. The van der Waals surface area contributed by atoms with E-state index in [4.69, 9.17) is 9.47 Å². The van der Waals surface area contributed by atoms with Crippen LogP contribution in [0.5, 0.6) is 0 Å². The molecule has 2 atom stereocenters. The first kappa shape index (κ1) is 18.2. The molecule has 1 aliphatic heterocycles. The summed E-state index contributed by atoms with van der Waals surface area (Å²) in [5, 5.41) is 5.96. The second-order valence-electron chi connectivity index (χ2n) is 5.94. The van der Waals surface area contributed by atoms with Gasteiger partial charge in [0, 0.05) is 31.7 Å². The van der Waals surface area contributed by atoms with Crippen LogP contribution in [0.25, 0.3) is 0 Å². The summed E-state index contributed by atoms with van der Waals surface area (Å²) in [5.74, 6) is 0.261. The molecule has 0 saturated carbocycles. The topological polar surface area (TPSA) is 98.3 Å². The minimum absolute atomic E-state index is 0.128. The lowest BCUT2D eigenvalue weighted by atomic mass is 10.1. The van der Waals surface area contributed by atoms with E-state index in [1.165, 1.54) is 12.4 Å². The van der Waals surface area contributed by atoms with Crippen LogP contribution in [0.3, 0.4) is 0 Å². The van der Waals surface area contributed by atoms with E-state index in [0.717, 1.165) is 12.2 Å². The van der Waals surface area contributed by atoms with Crippen LogP contribution in [0.4, 0.5) is 5.95 Å².